The highest BCUT2D eigenvalue weighted by molar-refractivity contribution is 7.80. The molecule has 1 saturated carbocycles. The minimum atomic E-state index is 0.294. The lowest BCUT2D eigenvalue weighted by atomic mass is 9.89. The molecule has 22 heavy (non-hydrogen) atoms. The van der Waals surface area contributed by atoms with Gasteiger partial charge in [-0.15, -0.1) is 0 Å². The van der Waals surface area contributed by atoms with Gasteiger partial charge in [-0.05, 0) is 61.5 Å². The third kappa shape index (κ3) is 3.88. The zero-order chi connectivity index (χ0) is 15.4. The highest BCUT2D eigenvalue weighted by Gasteiger charge is 2.14. The van der Waals surface area contributed by atoms with Gasteiger partial charge in [-0.1, -0.05) is 13.0 Å². The van der Waals surface area contributed by atoms with Crippen LogP contribution in [0.3, 0.4) is 0 Å². The molecule has 2 aliphatic rings. The Hall–Kier alpha value is -1.82. The van der Waals surface area contributed by atoms with E-state index < -0.39 is 0 Å². The van der Waals surface area contributed by atoms with Gasteiger partial charge in [0, 0.05) is 12.3 Å². The molecule has 5 nitrogen and oxygen atoms in total. The first-order valence-corrected chi connectivity index (χ1v) is 8.09. The lowest BCUT2D eigenvalue weighted by Gasteiger charge is -2.19. The first kappa shape index (κ1) is 15.1. The highest BCUT2D eigenvalue weighted by atomic mass is 32.1. The number of ether oxygens (including phenoxy) is 2. The molecule has 0 radical (unpaired) electrons. The Morgan fingerprint density at radius 1 is 1.36 bits per heavy atom. The molecule has 1 heterocycles. The molecule has 0 aromatic heterocycles. The van der Waals surface area contributed by atoms with Crippen LogP contribution in [0.1, 0.15) is 38.2 Å². The van der Waals surface area contributed by atoms with Crippen molar-refractivity contribution in [1.82, 2.24) is 10.7 Å². The molecule has 0 spiro atoms. The van der Waals surface area contributed by atoms with E-state index in [0.29, 0.717) is 18.5 Å². The second-order valence-electron chi connectivity index (χ2n) is 5.86. The van der Waals surface area contributed by atoms with Gasteiger partial charge in [0.25, 0.3) is 0 Å². The van der Waals surface area contributed by atoms with E-state index in [-0.39, 0.29) is 0 Å². The standard InChI is InChI=1S/C16H21N3O2S/c1-11-3-2-4-13(7-11)18-19-16(22)17-9-12-5-6-14-15(8-12)21-10-20-14/h5-6,8,11H,2-4,7,9-10H2,1H3,(H2,17,19,22)/b18-13+/t11-/m0/s1. The molecule has 0 unspecified atom stereocenters. The van der Waals surface area contributed by atoms with Crippen molar-refractivity contribution in [3.63, 3.8) is 0 Å². The molecule has 1 atom stereocenters. The molecule has 3 rings (SSSR count). The predicted molar refractivity (Wildman–Crippen MR) is 90.2 cm³/mol. The zero-order valence-corrected chi connectivity index (χ0v) is 13.5. The molecule has 1 fully saturated rings. The Kier molecular flexibility index (Phi) is 4.77. The van der Waals surface area contributed by atoms with Crippen LogP contribution < -0.4 is 20.2 Å². The third-order valence-corrected chi connectivity index (χ3v) is 4.19. The number of nitrogens with one attached hydrogen (secondary N) is 2. The molecule has 1 aliphatic heterocycles. The fraction of sp³-hybridized carbons (Fsp3) is 0.500. The maximum atomic E-state index is 5.36. The van der Waals surface area contributed by atoms with Crippen molar-refractivity contribution in [2.75, 3.05) is 6.79 Å². The van der Waals surface area contributed by atoms with Crippen molar-refractivity contribution < 1.29 is 9.47 Å². The zero-order valence-electron chi connectivity index (χ0n) is 12.7. The fourth-order valence-electron chi connectivity index (χ4n) is 2.77. The van der Waals surface area contributed by atoms with E-state index in [9.17, 15) is 0 Å². The Labute approximate surface area is 136 Å². The van der Waals surface area contributed by atoms with Gasteiger partial charge in [0.2, 0.25) is 6.79 Å². The molecular weight excluding hydrogens is 298 g/mol. The first-order valence-electron chi connectivity index (χ1n) is 7.68. The minimum absolute atomic E-state index is 0.294. The van der Waals surface area contributed by atoms with Crippen molar-refractivity contribution in [2.24, 2.45) is 11.0 Å². The van der Waals surface area contributed by atoms with Gasteiger partial charge in [0.1, 0.15) is 0 Å². The van der Waals surface area contributed by atoms with Crippen molar-refractivity contribution >= 4 is 23.0 Å². The van der Waals surface area contributed by atoms with Crippen LogP contribution in [-0.2, 0) is 6.54 Å². The summed E-state index contributed by atoms with van der Waals surface area (Å²) in [6.07, 6.45) is 4.66. The van der Waals surface area contributed by atoms with Gasteiger partial charge in [0.05, 0.1) is 0 Å². The quantitative estimate of drug-likeness (QED) is 0.663. The smallest absolute Gasteiger partial charge is 0.231 e. The van der Waals surface area contributed by atoms with Gasteiger partial charge in [-0.3, -0.25) is 5.43 Å². The molecule has 0 saturated heterocycles. The molecule has 1 aromatic rings. The van der Waals surface area contributed by atoms with Crippen molar-refractivity contribution in [2.45, 2.75) is 39.2 Å². The van der Waals surface area contributed by atoms with Crippen LogP contribution in [-0.4, -0.2) is 17.6 Å². The summed E-state index contributed by atoms with van der Waals surface area (Å²) < 4.78 is 10.7. The van der Waals surface area contributed by atoms with E-state index in [2.05, 4.69) is 22.8 Å². The van der Waals surface area contributed by atoms with Gasteiger partial charge >= 0.3 is 0 Å². The van der Waals surface area contributed by atoms with Crippen molar-refractivity contribution in [1.29, 1.82) is 0 Å². The average molecular weight is 319 g/mol. The summed E-state index contributed by atoms with van der Waals surface area (Å²) in [5.74, 6) is 2.31. The molecule has 2 N–H and O–H groups in total. The fourth-order valence-corrected chi connectivity index (χ4v) is 2.88. The van der Waals surface area contributed by atoms with E-state index in [0.717, 1.165) is 35.8 Å². The van der Waals surface area contributed by atoms with Crippen molar-refractivity contribution in [3.8, 4) is 11.5 Å². The van der Waals surface area contributed by atoms with E-state index >= 15 is 0 Å². The highest BCUT2D eigenvalue weighted by Crippen LogP contribution is 2.32. The Morgan fingerprint density at radius 3 is 3.09 bits per heavy atom. The maximum absolute atomic E-state index is 5.36. The van der Waals surface area contributed by atoms with Crippen LogP contribution in [0, 0.1) is 5.92 Å². The number of hydrogen-bond acceptors (Lipinski definition) is 4. The van der Waals surface area contributed by atoms with Crippen LogP contribution in [0.2, 0.25) is 0 Å². The van der Waals surface area contributed by atoms with Crippen molar-refractivity contribution in [3.05, 3.63) is 23.8 Å². The second kappa shape index (κ2) is 6.96. The predicted octanol–water partition coefficient (Wildman–Crippen LogP) is 2.95. The van der Waals surface area contributed by atoms with Crippen LogP contribution in [0.5, 0.6) is 11.5 Å². The van der Waals surface area contributed by atoms with Gasteiger partial charge < -0.3 is 14.8 Å². The number of benzene rings is 1. The average Bonchev–Trinajstić information content (AvgIpc) is 2.98. The number of hydrogen-bond donors (Lipinski definition) is 2. The SMILES string of the molecule is C[C@H]1CCC/C(=N\NC(=S)NCc2ccc3c(c2)OCO3)C1. The number of nitrogens with zero attached hydrogens (tertiary/aromatic N) is 1. The van der Waals surface area contributed by atoms with Crippen LogP contribution in [0.15, 0.2) is 23.3 Å². The summed E-state index contributed by atoms with van der Waals surface area (Å²) >= 11 is 5.27. The van der Waals surface area contributed by atoms with E-state index in [1.54, 1.807) is 0 Å². The van der Waals surface area contributed by atoms with Gasteiger partial charge in [0.15, 0.2) is 16.6 Å². The lowest BCUT2D eigenvalue weighted by Crippen LogP contribution is -2.32. The molecule has 0 amide bonds. The number of hydrazone groups is 1. The summed E-state index contributed by atoms with van der Waals surface area (Å²) in [5, 5.41) is 8.12. The van der Waals surface area contributed by atoms with Gasteiger partial charge in [-0.2, -0.15) is 5.10 Å². The van der Waals surface area contributed by atoms with Crippen LogP contribution >= 0.6 is 12.2 Å². The summed E-state index contributed by atoms with van der Waals surface area (Å²) in [7, 11) is 0. The Bertz CT molecular complexity index is 589. The van der Waals surface area contributed by atoms with Crippen LogP contribution in [0.4, 0.5) is 0 Å². The third-order valence-electron chi connectivity index (χ3n) is 3.95. The lowest BCUT2D eigenvalue weighted by molar-refractivity contribution is 0.174. The summed E-state index contributed by atoms with van der Waals surface area (Å²) in [5.41, 5.74) is 5.25. The number of fused-ring (bicyclic) bond motifs is 1. The Balaban J connectivity index is 1.47. The molecule has 1 aromatic carbocycles. The summed E-state index contributed by atoms with van der Waals surface area (Å²) in [6.45, 7) is 3.19. The number of rotatable bonds is 3. The van der Waals surface area contributed by atoms with E-state index in [1.165, 1.54) is 18.6 Å². The normalized spacial score (nSPS) is 21.7. The minimum Gasteiger partial charge on any atom is -0.454 e. The molecule has 1 aliphatic carbocycles. The molecule has 0 bridgehead atoms. The first-order chi connectivity index (χ1) is 10.7. The molecular formula is C16H21N3O2S. The topological polar surface area (TPSA) is 54.9 Å². The Morgan fingerprint density at radius 2 is 2.23 bits per heavy atom. The number of thiocarbonyl (C=S) groups is 1. The molecule has 118 valence electrons. The van der Waals surface area contributed by atoms with E-state index in [4.69, 9.17) is 21.7 Å². The summed E-state index contributed by atoms with van der Waals surface area (Å²) in [6, 6.07) is 5.88. The molecule has 6 heteroatoms. The maximum Gasteiger partial charge on any atom is 0.231 e. The second-order valence-corrected chi connectivity index (χ2v) is 6.27. The van der Waals surface area contributed by atoms with E-state index in [1.807, 2.05) is 18.2 Å². The largest absolute Gasteiger partial charge is 0.454 e. The monoisotopic (exact) mass is 319 g/mol. The summed E-state index contributed by atoms with van der Waals surface area (Å²) in [4.78, 5) is 0. The van der Waals surface area contributed by atoms with Gasteiger partial charge in [-0.25, -0.2) is 0 Å². The van der Waals surface area contributed by atoms with Crippen LogP contribution in [0.25, 0.3) is 0 Å².